The second-order valence-corrected chi connectivity index (χ2v) is 7.47. The van der Waals surface area contributed by atoms with Crippen molar-refractivity contribution in [1.82, 2.24) is 15.4 Å². The number of urea groups is 1. The number of nitrogens with one attached hydrogen (secondary N) is 1. The van der Waals surface area contributed by atoms with Crippen LogP contribution < -0.4 is 5.48 Å². The molecule has 0 radical (unpaired) electrons. The second kappa shape index (κ2) is 8.95. The fraction of sp³-hybridized carbons (Fsp3) is 0.857. The van der Waals surface area contributed by atoms with E-state index in [-0.39, 0.29) is 19.1 Å². The van der Waals surface area contributed by atoms with E-state index >= 15 is 0 Å². The number of piperidine rings is 1. The van der Waals surface area contributed by atoms with E-state index in [1.54, 1.807) is 0 Å². The lowest BCUT2D eigenvalue weighted by Gasteiger charge is -2.29. The monoisotopic (exact) mass is 395 g/mol. The Hall–Kier alpha value is -1.47. The molecule has 2 rings (SSSR count). The Bertz CT molecular complexity index is 613. The van der Waals surface area contributed by atoms with Gasteiger partial charge in [-0.25, -0.2) is 10.3 Å². The topological polar surface area (TPSA) is 135 Å². The molecule has 2 aliphatic rings. The smallest absolute Gasteiger partial charge is 0.381 e. The summed E-state index contributed by atoms with van der Waals surface area (Å²) in [5.74, 6) is -0.406. The van der Waals surface area contributed by atoms with E-state index in [1.165, 1.54) is 4.90 Å². The zero-order valence-corrected chi connectivity index (χ0v) is 15.6. The summed E-state index contributed by atoms with van der Waals surface area (Å²) in [5, 5.41) is 0.594. The number of nitrogens with zero attached hydrogens (tertiary/aromatic N) is 2. The Kier molecular flexibility index (Phi) is 7.17. The Balaban J connectivity index is 1.81. The molecule has 2 N–H and O–H groups in total. The molecule has 3 atom stereocenters. The summed E-state index contributed by atoms with van der Waals surface area (Å²) in [4.78, 5) is 30.9. The van der Waals surface area contributed by atoms with Gasteiger partial charge in [0.2, 0.25) is 0 Å². The van der Waals surface area contributed by atoms with E-state index in [0.717, 1.165) is 6.42 Å². The average molecular weight is 395 g/mol. The molecule has 2 bridgehead atoms. The molecule has 0 aromatic rings. The number of hydroxylamine groups is 3. The van der Waals surface area contributed by atoms with Crippen molar-refractivity contribution >= 4 is 22.3 Å². The van der Waals surface area contributed by atoms with E-state index < -0.39 is 34.4 Å². The zero-order valence-electron chi connectivity index (χ0n) is 14.8. The van der Waals surface area contributed by atoms with Crippen LogP contribution in [0.5, 0.6) is 0 Å². The van der Waals surface area contributed by atoms with Gasteiger partial charge in [0.05, 0.1) is 19.3 Å². The Labute approximate surface area is 152 Å². The molecule has 26 heavy (non-hydrogen) atoms. The van der Waals surface area contributed by atoms with Gasteiger partial charge in [-0.3, -0.25) is 14.2 Å². The molecule has 3 amide bonds. The molecule has 0 spiro atoms. The van der Waals surface area contributed by atoms with Crippen molar-refractivity contribution in [3.63, 3.8) is 0 Å². The quantitative estimate of drug-likeness (QED) is 0.302. The highest BCUT2D eigenvalue weighted by Gasteiger charge is 2.49. The summed E-state index contributed by atoms with van der Waals surface area (Å²) in [5.41, 5.74) is 2.32. The SMILES string of the molecule is CCCOCC(C)CONC(=O)[C@@H]1CCC2CN1C(=O)N2OS(=O)(=O)O. The molecule has 11 nitrogen and oxygen atoms in total. The van der Waals surface area contributed by atoms with E-state index in [0.29, 0.717) is 31.1 Å². The van der Waals surface area contributed by atoms with E-state index in [2.05, 4.69) is 9.76 Å². The lowest BCUT2D eigenvalue weighted by atomic mass is 10.0. The number of hydrogen-bond acceptors (Lipinski definition) is 7. The standard InChI is InChI=1S/C14H25N3O8S/c1-3-6-23-8-10(2)9-24-15-13(18)12-5-4-11-7-16(12)14(19)17(11)25-26(20,21)22/h10-12H,3-9H2,1-2H3,(H,15,18)(H,20,21,22)/t10?,11?,12-/m0/s1. The first-order valence-corrected chi connectivity index (χ1v) is 9.85. The van der Waals surface area contributed by atoms with Crippen LogP contribution in [0, 0.1) is 5.92 Å². The summed E-state index contributed by atoms with van der Waals surface area (Å²) >= 11 is 0. The van der Waals surface area contributed by atoms with Crippen LogP contribution >= 0.6 is 0 Å². The Morgan fingerprint density at radius 2 is 2.12 bits per heavy atom. The first-order valence-electron chi connectivity index (χ1n) is 8.49. The normalized spacial score (nSPS) is 24.0. The van der Waals surface area contributed by atoms with Crippen molar-refractivity contribution < 1.29 is 36.4 Å². The number of rotatable bonds is 10. The van der Waals surface area contributed by atoms with Gasteiger partial charge in [-0.05, 0) is 19.3 Å². The van der Waals surface area contributed by atoms with Gasteiger partial charge in [0.25, 0.3) is 5.91 Å². The van der Waals surface area contributed by atoms with Crippen molar-refractivity contribution in [2.24, 2.45) is 5.92 Å². The van der Waals surface area contributed by atoms with Gasteiger partial charge in [-0.15, -0.1) is 4.28 Å². The third-order valence-electron chi connectivity index (χ3n) is 4.09. The minimum Gasteiger partial charge on any atom is -0.381 e. The van der Waals surface area contributed by atoms with Crippen LogP contribution in [0.1, 0.15) is 33.1 Å². The van der Waals surface area contributed by atoms with Crippen molar-refractivity contribution in [2.75, 3.05) is 26.4 Å². The van der Waals surface area contributed by atoms with Crippen LogP contribution in [0.4, 0.5) is 4.79 Å². The predicted octanol–water partition coefficient (Wildman–Crippen LogP) is 0.0999. The molecular formula is C14H25N3O8S. The maximum Gasteiger partial charge on any atom is 0.418 e. The molecule has 2 aliphatic heterocycles. The molecule has 0 aromatic heterocycles. The highest BCUT2D eigenvalue weighted by molar-refractivity contribution is 7.80. The fourth-order valence-corrected chi connectivity index (χ4v) is 3.29. The first-order chi connectivity index (χ1) is 12.2. The maximum atomic E-state index is 12.3. The van der Waals surface area contributed by atoms with Crippen molar-refractivity contribution in [2.45, 2.75) is 45.2 Å². The van der Waals surface area contributed by atoms with Crippen molar-refractivity contribution in [3.8, 4) is 0 Å². The minimum absolute atomic E-state index is 0.0876. The first kappa shape index (κ1) is 20.8. The average Bonchev–Trinajstić information content (AvgIpc) is 2.79. The molecule has 150 valence electrons. The van der Waals surface area contributed by atoms with Crippen LogP contribution in [0.2, 0.25) is 0 Å². The highest BCUT2D eigenvalue weighted by Crippen LogP contribution is 2.30. The van der Waals surface area contributed by atoms with Crippen molar-refractivity contribution in [1.29, 1.82) is 0 Å². The van der Waals surface area contributed by atoms with Crippen molar-refractivity contribution in [3.05, 3.63) is 0 Å². The third kappa shape index (κ3) is 5.51. The number of carbonyl (C=O) groups excluding carboxylic acids is 2. The molecule has 0 aliphatic carbocycles. The summed E-state index contributed by atoms with van der Waals surface area (Å²) < 4.78 is 40.2. The van der Waals surface area contributed by atoms with E-state index in [1.807, 2.05) is 13.8 Å². The van der Waals surface area contributed by atoms with Crippen LogP contribution in [0.15, 0.2) is 0 Å². The van der Waals surface area contributed by atoms with Gasteiger partial charge < -0.3 is 9.64 Å². The predicted molar refractivity (Wildman–Crippen MR) is 87.8 cm³/mol. The van der Waals surface area contributed by atoms with Gasteiger partial charge >= 0.3 is 16.4 Å². The lowest BCUT2D eigenvalue weighted by Crippen LogP contribution is -2.50. The lowest BCUT2D eigenvalue weighted by molar-refractivity contribution is -0.140. The largest absolute Gasteiger partial charge is 0.418 e. The van der Waals surface area contributed by atoms with Gasteiger partial charge in [-0.2, -0.15) is 13.5 Å². The molecule has 12 heteroatoms. The minimum atomic E-state index is -4.81. The maximum absolute atomic E-state index is 12.3. The molecule has 0 saturated carbocycles. The summed E-state index contributed by atoms with van der Waals surface area (Å²) in [6.07, 6.45) is 1.61. The number of hydrogen-bond donors (Lipinski definition) is 2. The Morgan fingerprint density at radius 1 is 1.38 bits per heavy atom. The number of carbonyl (C=O) groups is 2. The Morgan fingerprint density at radius 3 is 2.77 bits per heavy atom. The molecular weight excluding hydrogens is 370 g/mol. The molecule has 2 unspecified atom stereocenters. The molecule has 2 saturated heterocycles. The second-order valence-electron chi connectivity index (χ2n) is 6.47. The summed E-state index contributed by atoms with van der Waals surface area (Å²) in [6.45, 7) is 5.50. The summed E-state index contributed by atoms with van der Waals surface area (Å²) in [6, 6.07) is -2.11. The fourth-order valence-electron chi connectivity index (χ4n) is 2.90. The number of amides is 3. The van der Waals surface area contributed by atoms with Crippen LogP contribution in [-0.4, -0.2) is 73.3 Å². The van der Waals surface area contributed by atoms with Crippen LogP contribution in [0.3, 0.4) is 0 Å². The van der Waals surface area contributed by atoms with E-state index in [9.17, 15) is 18.0 Å². The number of ether oxygens (including phenoxy) is 1. The third-order valence-corrected chi connectivity index (χ3v) is 4.44. The van der Waals surface area contributed by atoms with Gasteiger partial charge in [-0.1, -0.05) is 13.8 Å². The highest BCUT2D eigenvalue weighted by atomic mass is 32.3. The van der Waals surface area contributed by atoms with E-state index in [4.69, 9.17) is 14.1 Å². The molecule has 2 heterocycles. The van der Waals surface area contributed by atoms with Gasteiger partial charge in [0.15, 0.2) is 0 Å². The molecule has 0 aromatic carbocycles. The zero-order chi connectivity index (χ0) is 19.3. The molecule has 2 fully saturated rings. The van der Waals surface area contributed by atoms with Gasteiger partial charge in [0, 0.05) is 19.1 Å². The number of fused-ring (bicyclic) bond motifs is 2. The van der Waals surface area contributed by atoms with Gasteiger partial charge in [0.1, 0.15) is 6.04 Å². The van der Waals surface area contributed by atoms with Crippen LogP contribution in [-0.2, 0) is 29.1 Å². The van der Waals surface area contributed by atoms with Crippen LogP contribution in [0.25, 0.3) is 0 Å². The summed E-state index contributed by atoms with van der Waals surface area (Å²) in [7, 11) is -4.81.